The van der Waals surface area contributed by atoms with Gasteiger partial charge in [0.15, 0.2) is 0 Å². The van der Waals surface area contributed by atoms with Crippen LogP contribution in [0.15, 0.2) is 79.0 Å². The average molecular weight is 533 g/mol. The van der Waals surface area contributed by atoms with Crippen LogP contribution in [-0.4, -0.2) is 44.7 Å². The van der Waals surface area contributed by atoms with Crippen LogP contribution in [0, 0.1) is 5.92 Å². The first-order valence-corrected chi connectivity index (χ1v) is 15.2. The van der Waals surface area contributed by atoms with Crippen molar-refractivity contribution in [2.75, 3.05) is 23.7 Å². The van der Waals surface area contributed by atoms with Crippen molar-refractivity contribution in [1.29, 1.82) is 0 Å². The first-order valence-electron chi connectivity index (χ1n) is 13.4. The first-order chi connectivity index (χ1) is 18.3. The van der Waals surface area contributed by atoms with Crippen LogP contribution in [0.2, 0.25) is 0 Å². The summed E-state index contributed by atoms with van der Waals surface area (Å²) in [7, 11) is -3.35. The fourth-order valence-electron chi connectivity index (χ4n) is 6.01. The molecule has 2 aromatic carbocycles. The van der Waals surface area contributed by atoms with Gasteiger partial charge in [-0.05, 0) is 61.4 Å². The van der Waals surface area contributed by atoms with Crippen LogP contribution in [0.3, 0.4) is 0 Å². The van der Waals surface area contributed by atoms with Crippen LogP contribution in [-0.2, 0) is 33.2 Å². The van der Waals surface area contributed by atoms with E-state index in [-0.39, 0.29) is 23.3 Å². The van der Waals surface area contributed by atoms with Crippen molar-refractivity contribution in [1.82, 2.24) is 15.6 Å². The van der Waals surface area contributed by atoms with Crippen molar-refractivity contribution >= 4 is 21.6 Å². The number of hydrogen-bond donors (Lipinski definition) is 2. The molecule has 0 radical (unpaired) electrons. The molecular formula is C30H36N4O3S. The van der Waals surface area contributed by atoms with Crippen molar-refractivity contribution < 1.29 is 13.2 Å². The largest absolute Gasteiger partial charge is 0.352 e. The van der Waals surface area contributed by atoms with Crippen LogP contribution < -0.4 is 14.9 Å². The van der Waals surface area contributed by atoms with E-state index >= 15 is 0 Å². The Kier molecular flexibility index (Phi) is 7.81. The number of carbonyl (C=O) groups excluding carboxylic acids is 1. The van der Waals surface area contributed by atoms with E-state index in [2.05, 4.69) is 33.8 Å². The predicted octanol–water partition coefficient (Wildman–Crippen LogP) is 3.81. The molecule has 1 saturated carbocycles. The van der Waals surface area contributed by atoms with E-state index in [9.17, 15) is 13.2 Å². The molecule has 1 aromatic heterocycles. The van der Waals surface area contributed by atoms with Crippen molar-refractivity contribution in [3.8, 4) is 0 Å². The minimum Gasteiger partial charge on any atom is -0.352 e. The van der Waals surface area contributed by atoms with Gasteiger partial charge in [-0.3, -0.25) is 14.1 Å². The highest BCUT2D eigenvalue weighted by Crippen LogP contribution is 2.50. The number of anilines is 1. The summed E-state index contributed by atoms with van der Waals surface area (Å²) < 4.78 is 26.5. The lowest BCUT2D eigenvalue weighted by Gasteiger charge is -2.37. The van der Waals surface area contributed by atoms with Crippen molar-refractivity contribution in [2.24, 2.45) is 5.92 Å². The zero-order valence-corrected chi connectivity index (χ0v) is 22.7. The second-order valence-corrected chi connectivity index (χ2v) is 12.6. The van der Waals surface area contributed by atoms with Gasteiger partial charge in [0, 0.05) is 43.2 Å². The monoisotopic (exact) mass is 532 g/mol. The van der Waals surface area contributed by atoms with E-state index in [1.54, 1.807) is 10.5 Å². The molecule has 200 valence electrons. The number of carbonyl (C=O) groups is 1. The van der Waals surface area contributed by atoms with E-state index in [0.29, 0.717) is 19.6 Å². The SMILES string of the molecule is CS(=O)(=O)N1C[C@]2(CC[C@@H](C(=O)N[C@H](CNCc3ccccn3)Cc3ccccc3)CC2)c2ccccc21. The summed E-state index contributed by atoms with van der Waals surface area (Å²) >= 11 is 0. The molecule has 1 amide bonds. The Bertz CT molecular complexity index is 1340. The maximum Gasteiger partial charge on any atom is 0.232 e. The number of nitrogens with zero attached hydrogens (tertiary/aromatic N) is 2. The van der Waals surface area contributed by atoms with E-state index in [1.165, 1.54) is 11.8 Å². The number of sulfonamides is 1. The number of nitrogens with one attached hydrogen (secondary N) is 2. The van der Waals surface area contributed by atoms with Crippen molar-refractivity contribution in [3.63, 3.8) is 0 Å². The summed E-state index contributed by atoms with van der Waals surface area (Å²) in [6.07, 6.45) is 6.90. The third-order valence-electron chi connectivity index (χ3n) is 8.00. The van der Waals surface area contributed by atoms with Crippen molar-refractivity contribution in [3.05, 3.63) is 95.8 Å². The third-order valence-corrected chi connectivity index (χ3v) is 9.12. The number of para-hydroxylation sites is 1. The zero-order chi connectivity index (χ0) is 26.6. The normalized spacial score (nSPS) is 21.7. The lowest BCUT2D eigenvalue weighted by molar-refractivity contribution is -0.127. The van der Waals surface area contributed by atoms with Gasteiger partial charge < -0.3 is 10.6 Å². The fourth-order valence-corrected chi connectivity index (χ4v) is 7.01. The van der Waals surface area contributed by atoms with Gasteiger partial charge in [0.2, 0.25) is 15.9 Å². The lowest BCUT2D eigenvalue weighted by atomic mass is 9.67. The summed E-state index contributed by atoms with van der Waals surface area (Å²) in [4.78, 5) is 17.8. The first kappa shape index (κ1) is 26.4. The number of fused-ring (bicyclic) bond motifs is 2. The molecule has 7 nitrogen and oxygen atoms in total. The molecule has 1 fully saturated rings. The van der Waals surface area contributed by atoms with E-state index < -0.39 is 10.0 Å². The van der Waals surface area contributed by atoms with Crippen LogP contribution >= 0.6 is 0 Å². The van der Waals surface area contributed by atoms with Gasteiger partial charge in [-0.1, -0.05) is 54.6 Å². The number of aromatic nitrogens is 1. The Morgan fingerprint density at radius 2 is 1.74 bits per heavy atom. The lowest BCUT2D eigenvalue weighted by Crippen LogP contribution is -2.47. The predicted molar refractivity (Wildman–Crippen MR) is 150 cm³/mol. The Balaban J connectivity index is 1.23. The standard InChI is InChI=1S/C30H36N4O3S/c1-38(36,37)34-22-30(27-12-5-6-13-28(27)34)16-14-24(15-17-30)29(35)33-26(19-23-9-3-2-4-10-23)21-31-20-25-11-7-8-18-32-25/h2-13,18,24,26,31H,14-17,19-22H2,1H3,(H,33,35)/t24-,26-,30-/m0/s1. The summed E-state index contributed by atoms with van der Waals surface area (Å²) in [6, 6.07) is 23.9. The molecule has 5 rings (SSSR count). The average Bonchev–Trinajstić information content (AvgIpc) is 3.25. The van der Waals surface area contributed by atoms with Gasteiger partial charge in [-0.15, -0.1) is 0 Å². The number of rotatable bonds is 9. The minimum absolute atomic E-state index is 0.0440. The topological polar surface area (TPSA) is 91.4 Å². The molecule has 8 heteroatoms. The summed E-state index contributed by atoms with van der Waals surface area (Å²) in [5, 5.41) is 6.78. The van der Waals surface area contributed by atoms with Crippen LogP contribution in [0.5, 0.6) is 0 Å². The van der Waals surface area contributed by atoms with Crippen LogP contribution in [0.25, 0.3) is 0 Å². The van der Waals surface area contributed by atoms with E-state index in [4.69, 9.17) is 0 Å². The Morgan fingerprint density at radius 3 is 2.45 bits per heavy atom. The maximum atomic E-state index is 13.4. The molecule has 0 saturated heterocycles. The van der Waals surface area contributed by atoms with Gasteiger partial charge >= 0.3 is 0 Å². The molecule has 2 aliphatic rings. The molecule has 3 aromatic rings. The number of hydrogen-bond acceptors (Lipinski definition) is 5. The maximum absolute atomic E-state index is 13.4. The smallest absolute Gasteiger partial charge is 0.232 e. The molecule has 0 bridgehead atoms. The summed E-state index contributed by atoms with van der Waals surface area (Å²) in [6.45, 7) is 1.75. The molecule has 1 spiro atoms. The minimum atomic E-state index is -3.35. The highest BCUT2D eigenvalue weighted by atomic mass is 32.2. The van der Waals surface area contributed by atoms with Gasteiger partial charge in [-0.25, -0.2) is 8.42 Å². The molecule has 0 unspecified atom stereocenters. The van der Waals surface area contributed by atoms with Crippen LogP contribution in [0.4, 0.5) is 5.69 Å². The molecule has 2 N–H and O–H groups in total. The molecule has 1 atom stereocenters. The summed E-state index contributed by atoms with van der Waals surface area (Å²) in [5.74, 6) is 0.0146. The molecule has 1 aliphatic heterocycles. The second-order valence-electron chi connectivity index (χ2n) is 10.7. The Morgan fingerprint density at radius 1 is 1.03 bits per heavy atom. The Hall–Kier alpha value is -3.23. The van der Waals surface area contributed by atoms with Gasteiger partial charge in [0.25, 0.3) is 0 Å². The third kappa shape index (κ3) is 5.92. The van der Waals surface area contributed by atoms with Gasteiger partial charge in [0.1, 0.15) is 0 Å². The highest BCUT2D eigenvalue weighted by molar-refractivity contribution is 7.92. The van der Waals surface area contributed by atoms with Gasteiger partial charge in [0.05, 0.1) is 17.6 Å². The molecule has 1 aliphatic carbocycles. The number of benzene rings is 2. The molecule has 2 heterocycles. The Labute approximate surface area is 225 Å². The van der Waals surface area contributed by atoms with E-state index in [0.717, 1.165) is 49.0 Å². The zero-order valence-electron chi connectivity index (χ0n) is 21.8. The van der Waals surface area contributed by atoms with E-state index in [1.807, 2.05) is 54.6 Å². The number of pyridine rings is 1. The highest BCUT2D eigenvalue weighted by Gasteiger charge is 2.47. The second kappa shape index (κ2) is 11.3. The van der Waals surface area contributed by atoms with Crippen molar-refractivity contribution in [2.45, 2.75) is 50.1 Å². The summed E-state index contributed by atoms with van der Waals surface area (Å²) in [5.41, 5.74) is 3.83. The fraction of sp³-hybridized carbons (Fsp3) is 0.400. The molecular weight excluding hydrogens is 496 g/mol. The van der Waals surface area contributed by atoms with Gasteiger partial charge in [-0.2, -0.15) is 0 Å². The molecule has 38 heavy (non-hydrogen) atoms. The van der Waals surface area contributed by atoms with Crippen LogP contribution in [0.1, 0.15) is 42.5 Å². The quantitative estimate of drug-likeness (QED) is 0.437. The number of amides is 1.